The van der Waals surface area contributed by atoms with Gasteiger partial charge in [0, 0.05) is 18.3 Å². The molecule has 25 heavy (non-hydrogen) atoms. The number of amides is 1. The summed E-state index contributed by atoms with van der Waals surface area (Å²) in [5.41, 5.74) is 2.60. The molecule has 1 amide bonds. The maximum atomic E-state index is 13.0. The monoisotopic (exact) mass is 360 g/mol. The molecule has 2 aromatic rings. The van der Waals surface area contributed by atoms with Crippen molar-refractivity contribution in [3.05, 3.63) is 56.5 Å². The molecule has 0 unspecified atom stereocenters. The molecular weight excluding hydrogens is 340 g/mol. The van der Waals surface area contributed by atoms with Crippen molar-refractivity contribution < 1.29 is 9.53 Å². The molecule has 6 heteroatoms. The molecular formula is C19H21ClN2O3. The number of fused-ring (bicyclic) bond motifs is 1. The number of carbonyl (C=O) groups excluding carboxylic acids is 1. The van der Waals surface area contributed by atoms with E-state index in [-0.39, 0.29) is 11.5 Å². The highest BCUT2D eigenvalue weighted by Gasteiger charge is 2.24. The van der Waals surface area contributed by atoms with E-state index in [1.807, 2.05) is 19.9 Å². The molecule has 0 fully saturated rings. The first-order valence-corrected chi connectivity index (χ1v) is 8.86. The highest BCUT2D eigenvalue weighted by atomic mass is 35.5. The smallest absolute Gasteiger partial charge is 0.261 e. The zero-order valence-electron chi connectivity index (χ0n) is 14.4. The van der Waals surface area contributed by atoms with Gasteiger partial charge in [0.25, 0.3) is 11.5 Å². The van der Waals surface area contributed by atoms with Gasteiger partial charge in [-0.15, -0.1) is 0 Å². The van der Waals surface area contributed by atoms with E-state index in [0.717, 1.165) is 24.1 Å². The van der Waals surface area contributed by atoms with E-state index in [9.17, 15) is 9.59 Å². The third-order valence-electron chi connectivity index (χ3n) is 4.33. The summed E-state index contributed by atoms with van der Waals surface area (Å²) in [6.07, 6.45) is 2.56. The van der Waals surface area contributed by atoms with Crippen LogP contribution in [0, 0.1) is 6.92 Å². The van der Waals surface area contributed by atoms with Crippen LogP contribution < -0.4 is 15.6 Å². The van der Waals surface area contributed by atoms with Gasteiger partial charge in [-0.1, -0.05) is 17.7 Å². The second-order valence-corrected chi connectivity index (χ2v) is 6.55. The highest BCUT2D eigenvalue weighted by Crippen LogP contribution is 2.28. The van der Waals surface area contributed by atoms with E-state index in [2.05, 4.69) is 5.32 Å². The lowest BCUT2D eigenvalue weighted by Crippen LogP contribution is -2.31. The molecule has 2 heterocycles. The summed E-state index contributed by atoms with van der Waals surface area (Å²) in [6.45, 7) is 4.78. The molecule has 1 aromatic heterocycles. The minimum atomic E-state index is -0.306. The Bertz CT molecular complexity index is 874. The Morgan fingerprint density at radius 1 is 1.32 bits per heavy atom. The molecule has 1 aliphatic rings. The third-order valence-corrected chi connectivity index (χ3v) is 4.64. The first-order valence-electron chi connectivity index (χ1n) is 8.48. The van der Waals surface area contributed by atoms with Gasteiger partial charge in [0.2, 0.25) is 0 Å². The lowest BCUT2D eigenvalue weighted by Gasteiger charge is -2.23. The van der Waals surface area contributed by atoms with E-state index in [1.165, 1.54) is 6.07 Å². The fraction of sp³-hybridized carbons (Fsp3) is 0.368. The molecule has 0 saturated heterocycles. The molecule has 1 aliphatic heterocycles. The van der Waals surface area contributed by atoms with Crippen molar-refractivity contribution in [2.75, 3.05) is 11.9 Å². The topological polar surface area (TPSA) is 60.3 Å². The van der Waals surface area contributed by atoms with Crippen LogP contribution in [0.1, 0.15) is 41.4 Å². The van der Waals surface area contributed by atoms with E-state index in [4.69, 9.17) is 16.3 Å². The SMILES string of the molecule is CCOc1cc(=O)n2c(c1C(=O)Nc1ccc(C)cc1Cl)CCCC2. The number of aryl methyl sites for hydroxylation is 1. The summed E-state index contributed by atoms with van der Waals surface area (Å²) < 4.78 is 7.26. The van der Waals surface area contributed by atoms with Crippen LogP contribution in [0.15, 0.2) is 29.1 Å². The van der Waals surface area contributed by atoms with Crippen molar-refractivity contribution in [3.63, 3.8) is 0 Å². The van der Waals surface area contributed by atoms with E-state index < -0.39 is 0 Å². The number of anilines is 1. The Morgan fingerprint density at radius 2 is 2.12 bits per heavy atom. The van der Waals surface area contributed by atoms with Crippen molar-refractivity contribution in [2.45, 2.75) is 39.7 Å². The summed E-state index contributed by atoms with van der Waals surface area (Å²) in [6, 6.07) is 6.86. The fourth-order valence-electron chi connectivity index (χ4n) is 3.16. The molecule has 5 nitrogen and oxygen atoms in total. The number of rotatable bonds is 4. The number of aromatic nitrogens is 1. The van der Waals surface area contributed by atoms with Gasteiger partial charge < -0.3 is 14.6 Å². The van der Waals surface area contributed by atoms with Gasteiger partial charge in [0.15, 0.2) is 0 Å². The molecule has 1 aromatic carbocycles. The van der Waals surface area contributed by atoms with Crippen molar-refractivity contribution in [2.24, 2.45) is 0 Å². The third kappa shape index (κ3) is 3.56. The molecule has 0 bridgehead atoms. The minimum absolute atomic E-state index is 0.122. The van der Waals surface area contributed by atoms with Gasteiger partial charge in [-0.2, -0.15) is 0 Å². The number of hydrogen-bond donors (Lipinski definition) is 1. The van der Waals surface area contributed by atoms with Crippen LogP contribution >= 0.6 is 11.6 Å². The predicted molar refractivity (Wildman–Crippen MR) is 99.0 cm³/mol. The number of halogens is 1. The number of ether oxygens (including phenoxy) is 1. The van der Waals surface area contributed by atoms with Crippen LogP contribution in [-0.4, -0.2) is 17.1 Å². The van der Waals surface area contributed by atoms with Crippen LogP contribution in [0.25, 0.3) is 0 Å². The number of nitrogens with zero attached hydrogens (tertiary/aromatic N) is 1. The maximum absolute atomic E-state index is 13.0. The number of benzene rings is 1. The molecule has 0 aliphatic carbocycles. The summed E-state index contributed by atoms with van der Waals surface area (Å²) in [7, 11) is 0. The number of hydrogen-bond acceptors (Lipinski definition) is 3. The normalized spacial score (nSPS) is 13.2. The van der Waals surface area contributed by atoms with E-state index in [1.54, 1.807) is 16.7 Å². The van der Waals surface area contributed by atoms with Gasteiger partial charge in [0.1, 0.15) is 11.3 Å². The lowest BCUT2D eigenvalue weighted by atomic mass is 10.0. The molecule has 1 N–H and O–H groups in total. The van der Waals surface area contributed by atoms with Gasteiger partial charge >= 0.3 is 0 Å². The van der Waals surface area contributed by atoms with Crippen molar-refractivity contribution in [1.82, 2.24) is 4.57 Å². The Balaban J connectivity index is 2.05. The van der Waals surface area contributed by atoms with Crippen LogP contribution in [0.2, 0.25) is 5.02 Å². The first kappa shape index (κ1) is 17.5. The molecule has 0 atom stereocenters. The minimum Gasteiger partial charge on any atom is -0.493 e. The second-order valence-electron chi connectivity index (χ2n) is 6.15. The number of carbonyl (C=O) groups is 1. The van der Waals surface area contributed by atoms with Crippen molar-refractivity contribution in [1.29, 1.82) is 0 Å². The van der Waals surface area contributed by atoms with Crippen LogP contribution in [0.3, 0.4) is 0 Å². The zero-order chi connectivity index (χ0) is 18.0. The molecule has 3 rings (SSSR count). The van der Waals surface area contributed by atoms with Crippen molar-refractivity contribution in [3.8, 4) is 5.75 Å². The summed E-state index contributed by atoms with van der Waals surface area (Å²) in [4.78, 5) is 25.3. The first-order chi connectivity index (χ1) is 12.0. The van der Waals surface area contributed by atoms with Crippen molar-refractivity contribution >= 4 is 23.2 Å². The van der Waals surface area contributed by atoms with Crippen LogP contribution in [0.4, 0.5) is 5.69 Å². The quantitative estimate of drug-likeness (QED) is 0.902. The average Bonchev–Trinajstić information content (AvgIpc) is 2.58. The highest BCUT2D eigenvalue weighted by molar-refractivity contribution is 6.34. The van der Waals surface area contributed by atoms with Crippen LogP contribution in [-0.2, 0) is 13.0 Å². The van der Waals surface area contributed by atoms with Gasteiger partial charge in [0.05, 0.1) is 17.3 Å². The molecule has 0 radical (unpaired) electrons. The zero-order valence-corrected chi connectivity index (χ0v) is 15.2. The van der Waals surface area contributed by atoms with E-state index in [0.29, 0.717) is 41.6 Å². The van der Waals surface area contributed by atoms with Gasteiger partial charge in [-0.25, -0.2) is 0 Å². The Morgan fingerprint density at radius 3 is 2.84 bits per heavy atom. The Kier molecular flexibility index (Phi) is 5.13. The molecule has 0 spiro atoms. The predicted octanol–water partition coefficient (Wildman–Crippen LogP) is 3.80. The number of nitrogens with one attached hydrogen (secondary N) is 1. The average molecular weight is 361 g/mol. The second kappa shape index (κ2) is 7.31. The van der Waals surface area contributed by atoms with E-state index >= 15 is 0 Å². The standard InChI is InChI=1S/C19H21ClN2O3/c1-3-25-16-11-17(23)22-9-5-4-6-15(22)18(16)19(24)21-14-8-7-12(2)10-13(14)20/h7-8,10-11H,3-6,9H2,1-2H3,(H,21,24). The van der Waals surface area contributed by atoms with Crippen LogP contribution in [0.5, 0.6) is 5.75 Å². The Labute approximate surface area is 151 Å². The fourth-order valence-corrected chi connectivity index (χ4v) is 3.44. The largest absolute Gasteiger partial charge is 0.493 e. The summed E-state index contributed by atoms with van der Waals surface area (Å²) in [5, 5.41) is 3.34. The van der Waals surface area contributed by atoms with Gasteiger partial charge in [-0.3, -0.25) is 9.59 Å². The number of pyridine rings is 1. The molecule has 0 saturated carbocycles. The summed E-state index contributed by atoms with van der Waals surface area (Å²) >= 11 is 6.23. The van der Waals surface area contributed by atoms with Gasteiger partial charge in [-0.05, 0) is 50.8 Å². The lowest BCUT2D eigenvalue weighted by molar-refractivity contribution is 0.102. The Hall–Kier alpha value is -2.27. The summed E-state index contributed by atoms with van der Waals surface area (Å²) in [5.74, 6) is 0.0289. The maximum Gasteiger partial charge on any atom is 0.261 e. The molecule has 132 valence electrons.